The van der Waals surface area contributed by atoms with Gasteiger partial charge in [0, 0.05) is 22.3 Å². The van der Waals surface area contributed by atoms with Crippen molar-refractivity contribution >= 4 is 11.4 Å². The first-order valence-corrected chi connectivity index (χ1v) is 28.1. The second-order valence-corrected chi connectivity index (χ2v) is 19.3. The number of hydrogen-bond acceptors (Lipinski definition) is 0. The Morgan fingerprint density at radius 2 is 0.569 bits per heavy atom. The summed E-state index contributed by atoms with van der Waals surface area (Å²) in [4.78, 5) is 0. The summed E-state index contributed by atoms with van der Waals surface area (Å²) >= 11 is 0. The number of nitrogens with zero attached hydrogens (tertiary/aromatic N) is 2. The average Bonchev–Trinajstić information content (AvgIpc) is 3.58. The van der Waals surface area contributed by atoms with Crippen molar-refractivity contribution in [3.63, 3.8) is 0 Å². The van der Waals surface area contributed by atoms with Gasteiger partial charge in [-0.2, -0.15) is 12.8 Å². The van der Waals surface area contributed by atoms with Gasteiger partial charge in [-0.3, -0.25) is 0 Å². The van der Waals surface area contributed by atoms with E-state index >= 15 is 0 Å². The average molecular weight is 938 g/mol. The fourth-order valence-electron chi connectivity index (χ4n) is 9.10. The van der Waals surface area contributed by atoms with Crippen molar-refractivity contribution in [2.45, 2.75) is 287 Å². The minimum atomic E-state index is 0. The van der Waals surface area contributed by atoms with E-state index in [2.05, 4.69) is 106 Å². The molecule has 0 N–H and O–H groups in total. The number of unbranched alkanes of at least 4 members (excludes halogenated alkanes) is 22. The van der Waals surface area contributed by atoms with E-state index in [0.29, 0.717) is 0 Å². The van der Waals surface area contributed by atoms with E-state index in [1.54, 1.807) is 4.70 Å². The Morgan fingerprint density at radius 3 is 0.800 bits per heavy atom. The normalized spacial score (nSPS) is 12.3. The van der Waals surface area contributed by atoms with Gasteiger partial charge in [-0.15, -0.1) is 0 Å². The van der Waals surface area contributed by atoms with Gasteiger partial charge in [-0.25, -0.2) is 4.70 Å². The van der Waals surface area contributed by atoms with Crippen LogP contribution in [0.5, 0.6) is 0 Å². The third kappa shape index (κ3) is 27.6. The molecule has 1 heterocycles. The van der Waals surface area contributed by atoms with Crippen LogP contribution in [0.3, 0.4) is 0 Å². The molecule has 0 saturated carbocycles. The summed E-state index contributed by atoms with van der Waals surface area (Å²) in [5.41, 5.74) is 25.8. The van der Waals surface area contributed by atoms with Crippen LogP contribution < -0.4 is 0 Å². The quantitative estimate of drug-likeness (QED) is 0.0282. The number of allylic oxidation sites excluding steroid dienone is 2. The summed E-state index contributed by atoms with van der Waals surface area (Å²) in [5.74, 6) is 0. The van der Waals surface area contributed by atoms with Crippen molar-refractivity contribution in [2.24, 2.45) is 0 Å². The third-order valence-electron chi connectivity index (χ3n) is 13.1. The molecule has 0 amide bonds. The zero-order chi connectivity index (χ0) is 47.0. The summed E-state index contributed by atoms with van der Waals surface area (Å²) in [5, 5.41) is 0. The van der Waals surface area contributed by atoms with Crippen LogP contribution in [0.1, 0.15) is 294 Å². The summed E-state index contributed by atoms with van der Waals surface area (Å²) in [7, 11) is 0. The van der Waals surface area contributed by atoms with E-state index in [0.717, 1.165) is 88.4 Å². The van der Waals surface area contributed by atoms with Gasteiger partial charge >= 0.3 is 16.5 Å². The minimum absolute atomic E-state index is 0. The molecule has 1 aliphatic rings. The van der Waals surface area contributed by atoms with Crippen molar-refractivity contribution in [2.75, 3.05) is 0 Å². The van der Waals surface area contributed by atoms with Gasteiger partial charge in [-0.1, -0.05) is 209 Å². The van der Waals surface area contributed by atoms with Gasteiger partial charge in [-0.05, 0) is 124 Å². The van der Waals surface area contributed by atoms with Crippen LogP contribution in [0.4, 0.5) is 0 Å². The molecule has 0 bridgehead atoms. The Kier molecular flexibility index (Phi) is 42.0. The van der Waals surface area contributed by atoms with Crippen LogP contribution in [0, 0.1) is 13.8 Å². The maximum atomic E-state index is 12.6. The third-order valence-corrected chi connectivity index (χ3v) is 13.1. The van der Waals surface area contributed by atoms with Gasteiger partial charge in [0.25, 0.3) is 0 Å². The molecule has 374 valence electrons. The summed E-state index contributed by atoms with van der Waals surface area (Å²) in [6, 6.07) is 14.7. The second kappa shape index (κ2) is 43.3. The molecule has 0 atom stereocenters. The predicted molar refractivity (Wildman–Crippen MR) is 289 cm³/mol. The van der Waals surface area contributed by atoms with Gasteiger partial charge in [0.15, 0.2) is 0 Å². The zero-order valence-electron chi connectivity index (χ0n) is 44.5. The topological polar surface area (TPSA) is 25.3 Å². The minimum Gasteiger partial charge on any atom is -0.493 e. The molecule has 3 heteroatoms. The van der Waals surface area contributed by atoms with Crippen molar-refractivity contribution in [1.29, 1.82) is 0 Å². The monoisotopic (exact) mass is 937 g/mol. The van der Waals surface area contributed by atoms with E-state index in [1.807, 2.05) is 0 Å². The number of rotatable bonds is 36. The van der Waals surface area contributed by atoms with Gasteiger partial charge in [0.1, 0.15) is 0 Å². The van der Waals surface area contributed by atoms with E-state index in [1.165, 1.54) is 199 Å². The van der Waals surface area contributed by atoms with Crippen LogP contribution >= 0.6 is 0 Å². The Labute approximate surface area is 417 Å². The number of hydrogen-bond donors (Lipinski definition) is 0. The smallest absolute Gasteiger partial charge is 0.493 e. The molecular weight excluding hydrogens is 831 g/mol. The second-order valence-electron chi connectivity index (χ2n) is 19.3. The fraction of sp³-hybridized carbons (Fsp3) is 0.710. The first-order valence-electron chi connectivity index (χ1n) is 28.1. The molecule has 0 aliphatic carbocycles. The first kappa shape index (κ1) is 63.0. The van der Waals surface area contributed by atoms with Gasteiger partial charge < -0.3 is 19.4 Å². The molecular formula is C62H106N2Ni. The SMILES string of the molecule is CCCCCCc1cc(CCCCCC)cc(C2=C(CCCC)C(CCCC)=C(c3cc(CCCCCC)cc(CCCCCC)c3)[N+]2=[N-])c1.[CH2-]CCCCCC.[CH2-]CCCCCC.[Ni+2]. The van der Waals surface area contributed by atoms with Crippen LogP contribution in [0.2, 0.25) is 0 Å². The molecule has 0 fully saturated rings. The van der Waals surface area contributed by atoms with E-state index in [4.69, 9.17) is 0 Å². The van der Waals surface area contributed by atoms with Gasteiger partial charge in [0.2, 0.25) is 11.4 Å². The van der Waals surface area contributed by atoms with E-state index < -0.39 is 0 Å². The molecule has 0 unspecified atom stereocenters. The largest absolute Gasteiger partial charge is 2.00 e. The molecule has 2 nitrogen and oxygen atoms in total. The summed E-state index contributed by atoms with van der Waals surface area (Å²) in [6.45, 7) is 25.8. The van der Waals surface area contributed by atoms with Crippen LogP contribution in [-0.2, 0) is 42.2 Å². The number of aryl methyl sites for hydroxylation is 4. The predicted octanol–water partition coefficient (Wildman–Crippen LogP) is 21.3. The van der Waals surface area contributed by atoms with Gasteiger partial charge in [0.05, 0.1) is 0 Å². The molecule has 65 heavy (non-hydrogen) atoms. The molecule has 1 aliphatic heterocycles. The Morgan fingerprint density at radius 1 is 0.323 bits per heavy atom. The van der Waals surface area contributed by atoms with E-state index in [-0.39, 0.29) is 16.5 Å². The number of benzene rings is 2. The molecule has 0 spiro atoms. The standard InChI is InChI=1S/C48H76N2.2C7H15.Ni/c1-7-13-19-23-27-39-33-40(28-24-20-14-8-2)36-43(35-39)47-45(31-17-11-5)46(32-18-12-6)48(50(47)49)44-37-41(29-25-21-15-9-3)34-42(38-44)30-26-22-16-10-4;2*1-3-5-7-6-4-2;/h33-38H,7-32H2,1-6H3;2*1,3-7H2,2H3;/q;2*-1;+2. The van der Waals surface area contributed by atoms with E-state index in [9.17, 15) is 5.53 Å². The molecule has 2 aromatic rings. The fourth-order valence-corrected chi connectivity index (χ4v) is 9.10. The van der Waals surface area contributed by atoms with Crippen molar-refractivity contribution < 1.29 is 21.2 Å². The van der Waals surface area contributed by atoms with Crippen LogP contribution in [0.25, 0.3) is 16.9 Å². The molecule has 0 aromatic heterocycles. The summed E-state index contributed by atoms with van der Waals surface area (Å²) < 4.78 is 1.67. The van der Waals surface area contributed by atoms with Crippen molar-refractivity contribution in [1.82, 2.24) is 0 Å². The maximum Gasteiger partial charge on any atom is 2.00 e. The molecule has 3 rings (SSSR count). The Balaban J connectivity index is 0.00000235. The molecule has 0 saturated heterocycles. The Hall–Kier alpha value is -1.99. The molecule has 2 aromatic carbocycles. The first-order chi connectivity index (χ1) is 31.3. The van der Waals surface area contributed by atoms with Crippen LogP contribution in [0.15, 0.2) is 47.5 Å². The van der Waals surface area contributed by atoms with Crippen molar-refractivity contribution in [3.05, 3.63) is 100 Å². The zero-order valence-corrected chi connectivity index (χ0v) is 45.5. The maximum absolute atomic E-state index is 12.6. The van der Waals surface area contributed by atoms with Crippen molar-refractivity contribution in [3.8, 4) is 0 Å². The molecule has 0 radical (unpaired) electrons. The Bertz CT molecular complexity index is 1330. The van der Waals surface area contributed by atoms with Crippen LogP contribution in [-0.4, -0.2) is 4.70 Å². The summed E-state index contributed by atoms with van der Waals surface area (Å²) in [6.07, 6.45) is 44.7.